The SMILES string of the molecule is CC(C)C[C@H](N)C(=O)NCC1(C)CCCCC1O.Cl. The van der Waals surface area contributed by atoms with Gasteiger partial charge < -0.3 is 16.2 Å². The second-order valence-electron chi connectivity index (χ2n) is 6.37. The molecule has 0 radical (unpaired) electrons. The molecule has 3 atom stereocenters. The topological polar surface area (TPSA) is 75.4 Å². The van der Waals surface area contributed by atoms with Gasteiger partial charge in [0.05, 0.1) is 12.1 Å². The fourth-order valence-corrected chi connectivity index (χ4v) is 2.62. The van der Waals surface area contributed by atoms with Crippen LogP contribution in [0.4, 0.5) is 0 Å². The molecule has 2 unspecified atom stereocenters. The van der Waals surface area contributed by atoms with E-state index in [-0.39, 0.29) is 29.8 Å². The van der Waals surface area contributed by atoms with Gasteiger partial charge in [0.1, 0.15) is 0 Å². The first-order chi connectivity index (χ1) is 8.35. The van der Waals surface area contributed by atoms with E-state index in [1.165, 1.54) is 0 Å². The molecule has 0 aliphatic heterocycles. The lowest BCUT2D eigenvalue weighted by Crippen LogP contribution is -2.49. The van der Waals surface area contributed by atoms with Crippen LogP contribution in [0.15, 0.2) is 0 Å². The molecule has 1 rings (SSSR count). The van der Waals surface area contributed by atoms with Crippen molar-refractivity contribution in [3.05, 3.63) is 0 Å². The van der Waals surface area contributed by atoms with Gasteiger partial charge in [0.15, 0.2) is 0 Å². The van der Waals surface area contributed by atoms with Crippen LogP contribution in [0, 0.1) is 11.3 Å². The zero-order chi connectivity index (χ0) is 13.8. The van der Waals surface area contributed by atoms with Crippen molar-refractivity contribution >= 4 is 18.3 Å². The van der Waals surface area contributed by atoms with E-state index in [0.717, 1.165) is 25.7 Å². The van der Waals surface area contributed by atoms with Crippen LogP contribution >= 0.6 is 12.4 Å². The average Bonchev–Trinajstić information content (AvgIpc) is 2.29. The molecule has 4 nitrogen and oxygen atoms in total. The van der Waals surface area contributed by atoms with Crippen LogP contribution in [0.3, 0.4) is 0 Å². The first-order valence-electron chi connectivity index (χ1n) is 7.06. The monoisotopic (exact) mass is 292 g/mol. The van der Waals surface area contributed by atoms with Gasteiger partial charge in [0.2, 0.25) is 5.91 Å². The molecule has 0 spiro atoms. The van der Waals surface area contributed by atoms with Gasteiger partial charge in [-0.3, -0.25) is 4.79 Å². The van der Waals surface area contributed by atoms with E-state index in [0.29, 0.717) is 18.9 Å². The summed E-state index contributed by atoms with van der Waals surface area (Å²) in [5.74, 6) is 0.323. The Morgan fingerprint density at radius 1 is 1.47 bits per heavy atom. The molecular formula is C14H29ClN2O2. The summed E-state index contributed by atoms with van der Waals surface area (Å²) in [6.45, 7) is 6.68. The van der Waals surface area contributed by atoms with Crippen molar-refractivity contribution in [3.8, 4) is 0 Å². The number of aliphatic hydroxyl groups is 1. The standard InChI is InChI=1S/C14H28N2O2.ClH/c1-10(2)8-11(15)13(18)16-9-14(3)7-5-4-6-12(14)17;/h10-12,17H,4-9,15H2,1-3H3,(H,16,18);1H/t11-,12?,14?;/m0./s1. The van der Waals surface area contributed by atoms with Crippen molar-refractivity contribution in [1.29, 1.82) is 0 Å². The first kappa shape index (κ1) is 18.7. The van der Waals surface area contributed by atoms with Gasteiger partial charge in [-0.1, -0.05) is 33.6 Å². The Hall–Kier alpha value is -0.320. The maximum atomic E-state index is 11.9. The molecule has 19 heavy (non-hydrogen) atoms. The lowest BCUT2D eigenvalue weighted by Gasteiger charge is -2.38. The van der Waals surface area contributed by atoms with Crippen LogP contribution in [0.2, 0.25) is 0 Å². The lowest BCUT2D eigenvalue weighted by molar-refractivity contribution is -0.123. The summed E-state index contributed by atoms with van der Waals surface area (Å²) in [5, 5.41) is 12.9. The summed E-state index contributed by atoms with van der Waals surface area (Å²) in [7, 11) is 0. The van der Waals surface area contributed by atoms with Crippen LogP contribution in [-0.4, -0.2) is 29.7 Å². The molecule has 4 N–H and O–H groups in total. The largest absolute Gasteiger partial charge is 0.392 e. The summed E-state index contributed by atoms with van der Waals surface area (Å²) in [6.07, 6.45) is 4.40. The van der Waals surface area contributed by atoms with Crippen molar-refractivity contribution in [1.82, 2.24) is 5.32 Å². The van der Waals surface area contributed by atoms with Gasteiger partial charge in [-0.25, -0.2) is 0 Å². The smallest absolute Gasteiger partial charge is 0.236 e. The number of amides is 1. The van der Waals surface area contributed by atoms with Crippen LogP contribution in [0.5, 0.6) is 0 Å². The number of nitrogens with one attached hydrogen (secondary N) is 1. The molecule has 0 saturated heterocycles. The summed E-state index contributed by atoms with van der Waals surface area (Å²) in [5.41, 5.74) is 5.65. The number of hydrogen-bond donors (Lipinski definition) is 3. The van der Waals surface area contributed by atoms with Crippen molar-refractivity contribution in [3.63, 3.8) is 0 Å². The summed E-state index contributed by atoms with van der Waals surface area (Å²) >= 11 is 0. The van der Waals surface area contributed by atoms with E-state index in [1.54, 1.807) is 0 Å². The molecule has 0 aromatic rings. The van der Waals surface area contributed by atoms with Crippen molar-refractivity contribution < 1.29 is 9.90 Å². The molecular weight excluding hydrogens is 264 g/mol. The number of nitrogens with two attached hydrogens (primary N) is 1. The Balaban J connectivity index is 0.00000324. The first-order valence-corrected chi connectivity index (χ1v) is 7.06. The quantitative estimate of drug-likeness (QED) is 0.724. The van der Waals surface area contributed by atoms with Crippen LogP contribution in [0.1, 0.15) is 52.9 Å². The highest BCUT2D eigenvalue weighted by Gasteiger charge is 2.35. The van der Waals surface area contributed by atoms with Gasteiger partial charge >= 0.3 is 0 Å². The second-order valence-corrected chi connectivity index (χ2v) is 6.37. The number of rotatable bonds is 5. The molecule has 0 aromatic carbocycles. The van der Waals surface area contributed by atoms with E-state index in [2.05, 4.69) is 19.2 Å². The van der Waals surface area contributed by atoms with Gasteiger partial charge in [-0.15, -0.1) is 12.4 Å². The summed E-state index contributed by atoms with van der Waals surface area (Å²) < 4.78 is 0. The van der Waals surface area contributed by atoms with Crippen molar-refractivity contribution in [2.24, 2.45) is 17.1 Å². The number of halogens is 1. The van der Waals surface area contributed by atoms with Gasteiger partial charge in [0.25, 0.3) is 0 Å². The van der Waals surface area contributed by atoms with Gasteiger partial charge in [-0.2, -0.15) is 0 Å². The summed E-state index contributed by atoms with van der Waals surface area (Å²) in [4.78, 5) is 11.9. The van der Waals surface area contributed by atoms with Gasteiger partial charge in [0, 0.05) is 12.0 Å². The number of hydrogen-bond acceptors (Lipinski definition) is 3. The third-order valence-corrected chi connectivity index (χ3v) is 4.01. The minimum atomic E-state index is -0.436. The van der Waals surface area contributed by atoms with E-state index in [4.69, 9.17) is 5.73 Å². The molecule has 1 fully saturated rings. The fourth-order valence-electron chi connectivity index (χ4n) is 2.62. The zero-order valence-electron chi connectivity index (χ0n) is 12.3. The second kappa shape index (κ2) is 8.08. The van der Waals surface area contributed by atoms with Gasteiger partial charge in [-0.05, 0) is 25.2 Å². The highest BCUT2D eigenvalue weighted by molar-refractivity contribution is 5.85. The third-order valence-electron chi connectivity index (χ3n) is 4.01. The van der Waals surface area contributed by atoms with Crippen LogP contribution in [-0.2, 0) is 4.79 Å². The lowest BCUT2D eigenvalue weighted by atomic mass is 9.73. The molecule has 114 valence electrons. The Bertz CT molecular complexity index is 287. The van der Waals surface area contributed by atoms with E-state index in [9.17, 15) is 9.90 Å². The minimum absolute atomic E-state index is 0. The highest BCUT2D eigenvalue weighted by Crippen LogP contribution is 2.35. The Morgan fingerprint density at radius 3 is 2.63 bits per heavy atom. The number of carbonyl (C=O) groups is 1. The van der Waals surface area contributed by atoms with Crippen LogP contribution in [0.25, 0.3) is 0 Å². The van der Waals surface area contributed by atoms with E-state index < -0.39 is 6.04 Å². The predicted octanol–water partition coefficient (Wildman–Crippen LogP) is 1.84. The number of aliphatic hydroxyl groups excluding tert-OH is 1. The molecule has 0 heterocycles. The normalized spacial score (nSPS) is 28.6. The fraction of sp³-hybridized carbons (Fsp3) is 0.929. The summed E-state index contributed by atoms with van der Waals surface area (Å²) in [6, 6.07) is -0.436. The highest BCUT2D eigenvalue weighted by atomic mass is 35.5. The minimum Gasteiger partial charge on any atom is -0.392 e. The molecule has 0 aromatic heterocycles. The van der Waals surface area contributed by atoms with E-state index in [1.807, 2.05) is 6.92 Å². The maximum absolute atomic E-state index is 11.9. The molecule has 0 bridgehead atoms. The Labute approximate surface area is 122 Å². The zero-order valence-corrected chi connectivity index (χ0v) is 13.1. The molecule has 1 saturated carbocycles. The third kappa shape index (κ3) is 5.67. The average molecular weight is 293 g/mol. The molecule has 1 amide bonds. The predicted molar refractivity (Wildman–Crippen MR) is 80.3 cm³/mol. The molecule has 5 heteroatoms. The molecule has 1 aliphatic rings. The van der Waals surface area contributed by atoms with Crippen LogP contribution < -0.4 is 11.1 Å². The van der Waals surface area contributed by atoms with E-state index >= 15 is 0 Å². The maximum Gasteiger partial charge on any atom is 0.236 e. The Morgan fingerprint density at radius 2 is 2.11 bits per heavy atom. The van der Waals surface area contributed by atoms with Crippen molar-refractivity contribution in [2.75, 3.05) is 6.54 Å². The Kier molecular flexibility index (Phi) is 7.94. The molecule has 1 aliphatic carbocycles. The number of carbonyl (C=O) groups excluding carboxylic acids is 1. The van der Waals surface area contributed by atoms with Crippen molar-refractivity contribution in [2.45, 2.75) is 65.0 Å².